The van der Waals surface area contributed by atoms with Crippen molar-refractivity contribution in [1.82, 2.24) is 9.13 Å². The summed E-state index contributed by atoms with van der Waals surface area (Å²) in [6.45, 7) is 3.75. The van der Waals surface area contributed by atoms with Crippen molar-refractivity contribution in [3.05, 3.63) is 137 Å². The summed E-state index contributed by atoms with van der Waals surface area (Å²) in [4.78, 5) is 42.9. The van der Waals surface area contributed by atoms with Crippen LogP contribution in [0.5, 0.6) is 0 Å². The number of benzene rings is 3. The van der Waals surface area contributed by atoms with E-state index in [2.05, 4.69) is 4.99 Å². The molecule has 0 aliphatic carbocycles. The van der Waals surface area contributed by atoms with Gasteiger partial charge in [-0.25, -0.2) is 14.6 Å². The summed E-state index contributed by atoms with van der Waals surface area (Å²) in [7, 11) is 0. The van der Waals surface area contributed by atoms with Gasteiger partial charge in [-0.3, -0.25) is 9.36 Å². The number of carbonyl (C=O) groups is 2. The standard InChI is InChI=1S/C35H27ClF3N3O5S/c1-3-46-32(44)22-11-9-20(10-12-22)18-41-19-23(25-7-5-6-8-26(25)41)17-27-31(43)42-29(21-13-15-24(36)16-14-21)28(33(45)47-4-2)30(35(37,38)39)40-34(42)48-27/h5-17,19,29H,3-4,18H2,1-2H3/b27-17-/t29-/m1/s1. The molecule has 8 nitrogen and oxygen atoms in total. The Labute approximate surface area is 280 Å². The zero-order chi connectivity index (χ0) is 34.2. The lowest BCUT2D eigenvalue weighted by Crippen LogP contribution is -2.41. The van der Waals surface area contributed by atoms with Gasteiger partial charge in [0.15, 0.2) is 10.5 Å². The molecule has 0 radical (unpaired) electrons. The topological polar surface area (TPSA) is 91.9 Å². The number of fused-ring (bicyclic) bond motifs is 2. The zero-order valence-electron chi connectivity index (χ0n) is 25.6. The summed E-state index contributed by atoms with van der Waals surface area (Å²) < 4.78 is 56.7. The number of nitrogens with zero attached hydrogens (tertiary/aromatic N) is 3. The number of rotatable bonds is 8. The average molecular weight is 694 g/mol. The number of thiazole rings is 1. The maximum absolute atomic E-state index is 14.4. The Morgan fingerprint density at radius 3 is 2.29 bits per heavy atom. The van der Waals surface area contributed by atoms with Gasteiger partial charge in [-0.1, -0.05) is 65.4 Å². The molecule has 0 bridgehead atoms. The molecular formula is C35H27ClF3N3O5S. The number of aromatic nitrogens is 2. The molecule has 246 valence electrons. The van der Waals surface area contributed by atoms with Crippen LogP contribution in [-0.4, -0.2) is 40.5 Å². The lowest BCUT2D eigenvalue weighted by atomic mass is 9.95. The van der Waals surface area contributed by atoms with E-state index in [1.165, 1.54) is 31.2 Å². The van der Waals surface area contributed by atoms with Crippen molar-refractivity contribution in [2.75, 3.05) is 13.2 Å². The molecule has 2 aromatic heterocycles. The molecule has 0 amide bonds. The molecule has 0 unspecified atom stereocenters. The predicted octanol–water partition coefficient (Wildman–Crippen LogP) is 6.17. The van der Waals surface area contributed by atoms with Crippen LogP contribution < -0.4 is 14.9 Å². The molecule has 1 atom stereocenters. The van der Waals surface area contributed by atoms with Crippen molar-refractivity contribution in [2.24, 2.45) is 4.99 Å². The number of allylic oxidation sites excluding steroid dienone is 1. The molecule has 5 aromatic rings. The first-order chi connectivity index (χ1) is 23.0. The van der Waals surface area contributed by atoms with Crippen LogP contribution in [0.15, 0.2) is 100 Å². The van der Waals surface area contributed by atoms with Crippen molar-refractivity contribution in [2.45, 2.75) is 32.6 Å². The molecule has 0 fully saturated rings. The number of hydrogen-bond donors (Lipinski definition) is 0. The zero-order valence-corrected chi connectivity index (χ0v) is 27.2. The number of halogens is 4. The Kier molecular flexibility index (Phi) is 9.13. The quantitative estimate of drug-likeness (QED) is 0.181. The van der Waals surface area contributed by atoms with Crippen LogP contribution in [0.3, 0.4) is 0 Å². The highest BCUT2D eigenvalue weighted by molar-refractivity contribution is 7.07. The molecule has 3 heterocycles. The Balaban J connectivity index is 1.49. The molecule has 0 saturated heterocycles. The minimum absolute atomic E-state index is 0.126. The number of carbonyl (C=O) groups excluding carboxylic acids is 2. The van der Waals surface area contributed by atoms with Gasteiger partial charge in [0.05, 0.1) is 34.9 Å². The van der Waals surface area contributed by atoms with Crippen molar-refractivity contribution in [3.8, 4) is 0 Å². The Bertz CT molecular complexity index is 2250. The third kappa shape index (κ3) is 6.33. The summed E-state index contributed by atoms with van der Waals surface area (Å²) in [5.41, 5.74) is 0.271. The van der Waals surface area contributed by atoms with E-state index in [1.807, 2.05) is 47.2 Å². The van der Waals surface area contributed by atoms with E-state index in [1.54, 1.807) is 25.1 Å². The van der Waals surface area contributed by atoms with Gasteiger partial charge in [0, 0.05) is 34.2 Å². The summed E-state index contributed by atoms with van der Waals surface area (Å²) >= 11 is 6.86. The molecule has 1 aliphatic rings. The highest BCUT2D eigenvalue weighted by Gasteiger charge is 2.45. The molecule has 48 heavy (non-hydrogen) atoms. The van der Waals surface area contributed by atoms with Crippen LogP contribution in [0, 0.1) is 0 Å². The van der Waals surface area contributed by atoms with E-state index >= 15 is 0 Å². The van der Waals surface area contributed by atoms with Gasteiger partial charge in [0.2, 0.25) is 0 Å². The molecule has 0 spiro atoms. The van der Waals surface area contributed by atoms with Crippen LogP contribution in [0.25, 0.3) is 17.0 Å². The SMILES string of the molecule is CCOC(=O)C1=C(C(F)(F)F)N=c2s/c(=C\c3cn(Cc4ccc(C(=O)OCC)cc4)c4ccccc34)c(=O)n2[C@@H]1c1ccc(Cl)cc1. The largest absolute Gasteiger partial charge is 0.463 e. The summed E-state index contributed by atoms with van der Waals surface area (Å²) in [6, 6.07) is 19.0. The normalized spacial score (nSPS) is 15.0. The molecule has 3 aromatic carbocycles. The second kappa shape index (κ2) is 13.3. The van der Waals surface area contributed by atoms with Crippen LogP contribution in [0.2, 0.25) is 5.02 Å². The molecule has 13 heteroatoms. The smallest absolute Gasteiger partial charge is 0.434 e. The maximum Gasteiger partial charge on any atom is 0.434 e. The lowest BCUT2D eigenvalue weighted by molar-refractivity contribution is -0.140. The fraction of sp³-hybridized carbons (Fsp3) is 0.200. The highest BCUT2D eigenvalue weighted by Crippen LogP contribution is 2.38. The van der Waals surface area contributed by atoms with E-state index in [-0.39, 0.29) is 28.1 Å². The molecule has 1 aliphatic heterocycles. The van der Waals surface area contributed by atoms with Crippen molar-refractivity contribution in [3.63, 3.8) is 0 Å². The van der Waals surface area contributed by atoms with Gasteiger partial charge in [0.1, 0.15) is 0 Å². The van der Waals surface area contributed by atoms with E-state index < -0.39 is 41.0 Å². The van der Waals surface area contributed by atoms with E-state index in [4.69, 9.17) is 21.1 Å². The van der Waals surface area contributed by atoms with Crippen LogP contribution in [-0.2, 0) is 20.8 Å². The first-order valence-electron chi connectivity index (χ1n) is 14.9. The second-order valence-electron chi connectivity index (χ2n) is 10.8. The highest BCUT2D eigenvalue weighted by atomic mass is 35.5. The van der Waals surface area contributed by atoms with Crippen LogP contribution >= 0.6 is 22.9 Å². The summed E-state index contributed by atoms with van der Waals surface area (Å²) in [6.07, 6.45) is -1.54. The maximum atomic E-state index is 14.4. The number of para-hydroxylation sites is 1. The molecule has 0 saturated carbocycles. The van der Waals surface area contributed by atoms with Crippen molar-refractivity contribution in [1.29, 1.82) is 0 Å². The van der Waals surface area contributed by atoms with Crippen molar-refractivity contribution >= 4 is 51.9 Å². The Morgan fingerprint density at radius 1 is 0.958 bits per heavy atom. The van der Waals surface area contributed by atoms with Gasteiger partial charge < -0.3 is 14.0 Å². The minimum atomic E-state index is -5.01. The van der Waals surface area contributed by atoms with Gasteiger partial charge >= 0.3 is 18.1 Å². The monoisotopic (exact) mass is 693 g/mol. The van der Waals surface area contributed by atoms with E-state index in [0.29, 0.717) is 22.7 Å². The third-order valence-corrected chi connectivity index (χ3v) is 8.94. The van der Waals surface area contributed by atoms with E-state index in [9.17, 15) is 27.6 Å². The lowest BCUT2D eigenvalue weighted by Gasteiger charge is -2.26. The van der Waals surface area contributed by atoms with Crippen molar-refractivity contribution < 1.29 is 32.2 Å². The number of esters is 2. The Hall–Kier alpha value is -4.94. The molecular weight excluding hydrogens is 667 g/mol. The van der Waals surface area contributed by atoms with Crippen LogP contribution in [0.4, 0.5) is 13.2 Å². The number of ether oxygens (including phenoxy) is 2. The first kappa shape index (κ1) is 33.0. The number of hydrogen-bond acceptors (Lipinski definition) is 7. The molecule has 6 rings (SSSR count). The Morgan fingerprint density at radius 2 is 1.62 bits per heavy atom. The van der Waals surface area contributed by atoms with Gasteiger partial charge in [-0.2, -0.15) is 13.2 Å². The summed E-state index contributed by atoms with van der Waals surface area (Å²) in [5.74, 6) is -1.63. The van der Waals surface area contributed by atoms with Gasteiger partial charge in [-0.15, -0.1) is 0 Å². The second-order valence-corrected chi connectivity index (χ2v) is 12.2. The van der Waals surface area contributed by atoms with Gasteiger partial charge in [0.25, 0.3) is 5.56 Å². The fourth-order valence-electron chi connectivity index (χ4n) is 5.62. The fourth-order valence-corrected chi connectivity index (χ4v) is 6.74. The number of alkyl halides is 3. The van der Waals surface area contributed by atoms with E-state index in [0.717, 1.165) is 32.4 Å². The third-order valence-electron chi connectivity index (χ3n) is 7.70. The van der Waals surface area contributed by atoms with Gasteiger partial charge in [-0.05, 0) is 61.4 Å². The minimum Gasteiger partial charge on any atom is -0.463 e. The predicted molar refractivity (Wildman–Crippen MR) is 176 cm³/mol. The summed E-state index contributed by atoms with van der Waals surface area (Å²) in [5, 5.41) is 1.14. The van der Waals surface area contributed by atoms with Crippen LogP contribution in [0.1, 0.15) is 46.9 Å². The first-order valence-corrected chi connectivity index (χ1v) is 16.1. The average Bonchev–Trinajstić information content (AvgIpc) is 3.57. The molecule has 0 N–H and O–H groups in total.